The zero-order valence-electron chi connectivity index (χ0n) is 12.1. The molecule has 0 saturated heterocycles. The monoisotopic (exact) mass is 341 g/mol. The van der Waals surface area contributed by atoms with E-state index < -0.39 is 0 Å². The summed E-state index contributed by atoms with van der Waals surface area (Å²) in [7, 11) is 3.66. The van der Waals surface area contributed by atoms with Crippen molar-refractivity contribution in [2.45, 2.75) is 20.0 Å². The third kappa shape index (κ3) is 3.47. The minimum Gasteiger partial charge on any atom is -0.383 e. The van der Waals surface area contributed by atoms with Crippen LogP contribution in [0.15, 0.2) is 16.9 Å². The Hall–Kier alpha value is -1.18. The molecule has 0 aliphatic heterocycles. The number of rotatable bonds is 7. The SMILES string of the molecule is COCCNCc1nccn1Cc1c(Br)c(C)nn1C. The molecule has 0 amide bonds. The highest BCUT2D eigenvalue weighted by Crippen LogP contribution is 2.21. The first kappa shape index (κ1) is 15.2. The lowest BCUT2D eigenvalue weighted by atomic mass is 10.3. The molecule has 2 aromatic rings. The van der Waals surface area contributed by atoms with E-state index in [-0.39, 0.29) is 0 Å². The molecule has 2 heterocycles. The molecule has 2 aromatic heterocycles. The molecule has 2 rings (SSSR count). The van der Waals surface area contributed by atoms with Gasteiger partial charge in [-0.1, -0.05) is 0 Å². The standard InChI is InChI=1S/C13H20BrN5O/c1-10-13(14)11(18(2)17-10)9-19-6-4-16-12(19)8-15-5-7-20-3/h4,6,15H,5,7-9H2,1-3H3. The average Bonchev–Trinajstić information content (AvgIpc) is 2.95. The first-order chi connectivity index (χ1) is 9.63. The van der Waals surface area contributed by atoms with Crippen LogP contribution in [0.3, 0.4) is 0 Å². The first-order valence-corrected chi connectivity index (χ1v) is 7.30. The minimum absolute atomic E-state index is 0.702. The molecular formula is C13H20BrN5O. The first-order valence-electron chi connectivity index (χ1n) is 6.51. The van der Waals surface area contributed by atoms with Crippen LogP contribution in [0.25, 0.3) is 0 Å². The number of ether oxygens (including phenoxy) is 1. The lowest BCUT2D eigenvalue weighted by molar-refractivity contribution is 0.199. The van der Waals surface area contributed by atoms with Crippen molar-refractivity contribution in [3.05, 3.63) is 34.1 Å². The molecule has 0 spiro atoms. The Balaban J connectivity index is 2.05. The number of hydrogen-bond acceptors (Lipinski definition) is 4. The largest absolute Gasteiger partial charge is 0.383 e. The lowest BCUT2D eigenvalue weighted by Gasteiger charge is -2.09. The molecule has 20 heavy (non-hydrogen) atoms. The summed E-state index contributed by atoms with van der Waals surface area (Å²) in [6.45, 7) is 4.99. The van der Waals surface area contributed by atoms with E-state index >= 15 is 0 Å². The van der Waals surface area contributed by atoms with E-state index in [9.17, 15) is 0 Å². The summed E-state index contributed by atoms with van der Waals surface area (Å²) in [6, 6.07) is 0. The molecule has 110 valence electrons. The topological polar surface area (TPSA) is 56.9 Å². The van der Waals surface area contributed by atoms with E-state index in [1.807, 2.05) is 31.0 Å². The fourth-order valence-electron chi connectivity index (χ4n) is 2.04. The van der Waals surface area contributed by atoms with Crippen LogP contribution in [0.1, 0.15) is 17.2 Å². The Labute approximate surface area is 127 Å². The number of nitrogens with one attached hydrogen (secondary N) is 1. The highest BCUT2D eigenvalue weighted by Gasteiger charge is 2.12. The molecule has 0 saturated carbocycles. The number of imidazole rings is 1. The van der Waals surface area contributed by atoms with Crippen molar-refractivity contribution in [1.29, 1.82) is 0 Å². The van der Waals surface area contributed by atoms with Crippen LogP contribution in [0.5, 0.6) is 0 Å². The summed E-state index contributed by atoms with van der Waals surface area (Å²) >= 11 is 3.60. The van der Waals surface area contributed by atoms with Gasteiger partial charge >= 0.3 is 0 Å². The van der Waals surface area contributed by atoms with Gasteiger partial charge in [0.05, 0.1) is 35.6 Å². The Bertz CT molecular complexity index is 563. The normalized spacial score (nSPS) is 11.2. The fraction of sp³-hybridized carbons (Fsp3) is 0.538. The molecule has 7 heteroatoms. The van der Waals surface area contributed by atoms with Crippen LogP contribution in [-0.2, 0) is 24.9 Å². The number of nitrogens with zero attached hydrogens (tertiary/aromatic N) is 4. The van der Waals surface area contributed by atoms with Gasteiger partial charge in [0.25, 0.3) is 0 Å². The second kappa shape index (κ2) is 7.01. The summed E-state index contributed by atoms with van der Waals surface area (Å²) in [4.78, 5) is 4.39. The van der Waals surface area contributed by atoms with E-state index in [4.69, 9.17) is 4.74 Å². The molecule has 0 aliphatic carbocycles. The average molecular weight is 342 g/mol. The number of halogens is 1. The van der Waals surface area contributed by atoms with Crippen LogP contribution in [0, 0.1) is 6.92 Å². The second-order valence-electron chi connectivity index (χ2n) is 4.61. The van der Waals surface area contributed by atoms with Gasteiger partial charge in [-0.3, -0.25) is 4.68 Å². The summed E-state index contributed by atoms with van der Waals surface area (Å²) in [5.41, 5.74) is 2.14. The molecule has 1 N–H and O–H groups in total. The molecule has 0 aromatic carbocycles. The maximum atomic E-state index is 5.01. The highest BCUT2D eigenvalue weighted by molar-refractivity contribution is 9.10. The smallest absolute Gasteiger partial charge is 0.123 e. The molecule has 0 fully saturated rings. The highest BCUT2D eigenvalue weighted by atomic mass is 79.9. The molecular weight excluding hydrogens is 322 g/mol. The van der Waals surface area contributed by atoms with Gasteiger partial charge in [0.2, 0.25) is 0 Å². The Morgan fingerprint density at radius 3 is 2.90 bits per heavy atom. The lowest BCUT2D eigenvalue weighted by Crippen LogP contribution is -2.21. The van der Waals surface area contributed by atoms with Gasteiger partial charge in [0.15, 0.2) is 0 Å². The van der Waals surface area contributed by atoms with E-state index in [0.717, 1.165) is 41.3 Å². The van der Waals surface area contributed by atoms with Gasteiger partial charge < -0.3 is 14.6 Å². The van der Waals surface area contributed by atoms with Crippen molar-refractivity contribution < 1.29 is 4.74 Å². The Morgan fingerprint density at radius 1 is 1.45 bits per heavy atom. The van der Waals surface area contributed by atoms with Gasteiger partial charge in [0.1, 0.15) is 5.82 Å². The zero-order chi connectivity index (χ0) is 14.5. The van der Waals surface area contributed by atoms with Gasteiger partial charge in [0, 0.05) is 33.1 Å². The summed E-state index contributed by atoms with van der Waals surface area (Å²) in [5.74, 6) is 1.01. The zero-order valence-corrected chi connectivity index (χ0v) is 13.6. The number of methoxy groups -OCH3 is 1. The maximum absolute atomic E-state index is 5.01. The van der Waals surface area contributed by atoms with Gasteiger partial charge in [-0.15, -0.1) is 0 Å². The molecule has 6 nitrogen and oxygen atoms in total. The summed E-state index contributed by atoms with van der Waals surface area (Å²) in [5, 5.41) is 7.72. The van der Waals surface area contributed by atoms with Gasteiger partial charge in [-0.05, 0) is 22.9 Å². The van der Waals surface area contributed by atoms with E-state index in [1.165, 1.54) is 0 Å². The predicted molar refractivity (Wildman–Crippen MR) is 80.6 cm³/mol. The van der Waals surface area contributed by atoms with E-state index in [0.29, 0.717) is 6.61 Å². The number of aryl methyl sites for hydroxylation is 2. The van der Waals surface area contributed by atoms with Crippen molar-refractivity contribution in [3.63, 3.8) is 0 Å². The maximum Gasteiger partial charge on any atom is 0.123 e. The molecule has 0 atom stereocenters. The van der Waals surface area contributed by atoms with Crippen LogP contribution < -0.4 is 5.32 Å². The van der Waals surface area contributed by atoms with Gasteiger partial charge in [-0.2, -0.15) is 5.10 Å². The van der Waals surface area contributed by atoms with Crippen molar-refractivity contribution >= 4 is 15.9 Å². The summed E-state index contributed by atoms with van der Waals surface area (Å²) < 4.78 is 10.1. The second-order valence-corrected chi connectivity index (χ2v) is 5.40. The molecule has 0 bridgehead atoms. The van der Waals surface area contributed by atoms with Crippen molar-refractivity contribution in [3.8, 4) is 0 Å². The summed E-state index contributed by atoms with van der Waals surface area (Å²) in [6.07, 6.45) is 3.81. The van der Waals surface area contributed by atoms with Gasteiger partial charge in [-0.25, -0.2) is 4.98 Å². The molecule has 0 unspecified atom stereocenters. The minimum atomic E-state index is 0.702. The van der Waals surface area contributed by atoms with Crippen LogP contribution in [0.2, 0.25) is 0 Å². The van der Waals surface area contributed by atoms with Crippen molar-refractivity contribution in [2.24, 2.45) is 7.05 Å². The van der Waals surface area contributed by atoms with E-state index in [2.05, 4.69) is 35.9 Å². The third-order valence-electron chi connectivity index (χ3n) is 3.15. The fourth-order valence-corrected chi connectivity index (χ4v) is 2.50. The van der Waals surface area contributed by atoms with Crippen LogP contribution in [0.4, 0.5) is 0 Å². The predicted octanol–water partition coefficient (Wildman–Crippen LogP) is 1.47. The van der Waals surface area contributed by atoms with E-state index in [1.54, 1.807) is 7.11 Å². The van der Waals surface area contributed by atoms with Crippen LogP contribution in [-0.4, -0.2) is 39.6 Å². The Kier molecular flexibility index (Phi) is 5.33. The Morgan fingerprint density at radius 2 is 2.25 bits per heavy atom. The molecule has 0 aliphatic rings. The quantitative estimate of drug-likeness (QED) is 0.775. The van der Waals surface area contributed by atoms with Crippen molar-refractivity contribution in [1.82, 2.24) is 24.6 Å². The molecule has 0 radical (unpaired) electrons. The third-order valence-corrected chi connectivity index (χ3v) is 4.18. The van der Waals surface area contributed by atoms with Crippen molar-refractivity contribution in [2.75, 3.05) is 20.3 Å². The number of aromatic nitrogens is 4. The number of hydrogen-bond donors (Lipinski definition) is 1. The van der Waals surface area contributed by atoms with Crippen LogP contribution >= 0.6 is 15.9 Å².